The maximum absolute atomic E-state index is 11.9. The van der Waals surface area contributed by atoms with Crippen molar-refractivity contribution in [2.45, 2.75) is 49.7 Å². The minimum atomic E-state index is -0.0306. The normalized spacial score (nSPS) is 22.2. The Hall–Kier alpha value is -2.13. The quantitative estimate of drug-likeness (QED) is 0.904. The summed E-state index contributed by atoms with van der Waals surface area (Å²) in [5.74, 6) is 0.212. The van der Waals surface area contributed by atoms with Gasteiger partial charge in [0.15, 0.2) is 0 Å². The maximum Gasteiger partial charge on any atom is 0.220 e. The Morgan fingerprint density at radius 3 is 2.04 bits per heavy atom. The Bertz CT molecular complexity index is 655. The summed E-state index contributed by atoms with van der Waals surface area (Å²) >= 11 is 0. The molecule has 0 bridgehead atoms. The number of nitrogens with one attached hydrogen (secondary N) is 2. The van der Waals surface area contributed by atoms with Crippen LogP contribution < -0.4 is 10.6 Å². The van der Waals surface area contributed by atoms with E-state index >= 15 is 0 Å². The topological polar surface area (TPSA) is 41.1 Å². The lowest BCUT2D eigenvalue weighted by Crippen LogP contribution is -2.68. The minimum Gasteiger partial charge on any atom is -0.349 e. The van der Waals surface area contributed by atoms with Crippen LogP contribution in [0, 0.1) is 0 Å². The summed E-state index contributed by atoms with van der Waals surface area (Å²) in [7, 11) is 0. The first-order valence-electron chi connectivity index (χ1n) is 8.94. The third-order valence-corrected chi connectivity index (χ3v) is 5.59. The van der Waals surface area contributed by atoms with Crippen LogP contribution in [-0.2, 0) is 4.79 Å². The van der Waals surface area contributed by atoms with Crippen LogP contribution in [0.25, 0.3) is 0 Å². The second kappa shape index (κ2) is 6.40. The number of benzene rings is 2. The summed E-state index contributed by atoms with van der Waals surface area (Å²) in [6, 6.07) is 21.7. The van der Waals surface area contributed by atoms with Crippen molar-refractivity contribution in [1.29, 1.82) is 0 Å². The fourth-order valence-corrected chi connectivity index (χ4v) is 4.13. The van der Waals surface area contributed by atoms with Crippen molar-refractivity contribution in [3.63, 3.8) is 0 Å². The molecule has 1 saturated heterocycles. The lowest BCUT2D eigenvalue weighted by Gasteiger charge is -2.52. The van der Waals surface area contributed by atoms with Gasteiger partial charge in [0.1, 0.15) is 0 Å². The Balaban J connectivity index is 1.64. The zero-order valence-corrected chi connectivity index (χ0v) is 13.9. The molecule has 4 rings (SSSR count). The highest BCUT2D eigenvalue weighted by molar-refractivity contribution is 5.78. The monoisotopic (exact) mass is 320 g/mol. The molecule has 1 amide bonds. The number of hydrogen-bond donors (Lipinski definition) is 2. The molecule has 1 heterocycles. The van der Waals surface area contributed by atoms with Gasteiger partial charge in [-0.15, -0.1) is 0 Å². The molecule has 3 nitrogen and oxygen atoms in total. The van der Waals surface area contributed by atoms with Crippen LogP contribution in [0.5, 0.6) is 0 Å². The summed E-state index contributed by atoms with van der Waals surface area (Å²) < 4.78 is 0. The van der Waals surface area contributed by atoms with Crippen LogP contribution in [-0.4, -0.2) is 17.5 Å². The summed E-state index contributed by atoms with van der Waals surface area (Å²) in [4.78, 5) is 11.9. The van der Waals surface area contributed by atoms with E-state index in [2.05, 4.69) is 71.3 Å². The lowest BCUT2D eigenvalue weighted by atomic mass is 9.68. The first kappa shape index (κ1) is 15.4. The van der Waals surface area contributed by atoms with E-state index in [9.17, 15) is 4.79 Å². The van der Waals surface area contributed by atoms with E-state index in [4.69, 9.17) is 0 Å². The number of amides is 1. The van der Waals surface area contributed by atoms with Crippen LogP contribution in [0.3, 0.4) is 0 Å². The number of rotatable bonds is 4. The molecule has 24 heavy (non-hydrogen) atoms. The Labute approximate surface area is 143 Å². The van der Waals surface area contributed by atoms with Crippen molar-refractivity contribution in [3.8, 4) is 0 Å². The van der Waals surface area contributed by atoms with Gasteiger partial charge in [-0.3, -0.25) is 4.79 Å². The zero-order valence-electron chi connectivity index (χ0n) is 13.9. The number of hydrogen-bond acceptors (Lipinski definition) is 2. The molecule has 0 aromatic heterocycles. The van der Waals surface area contributed by atoms with E-state index in [1.165, 1.54) is 17.5 Å². The molecular weight excluding hydrogens is 296 g/mol. The summed E-state index contributed by atoms with van der Waals surface area (Å²) in [5.41, 5.74) is 2.52. The van der Waals surface area contributed by atoms with Crippen LogP contribution in [0.4, 0.5) is 0 Å². The smallest absolute Gasteiger partial charge is 0.220 e. The molecule has 1 atom stereocenters. The lowest BCUT2D eigenvalue weighted by molar-refractivity contribution is -0.128. The first-order valence-corrected chi connectivity index (χ1v) is 8.94. The second-order valence-corrected chi connectivity index (χ2v) is 7.07. The Morgan fingerprint density at radius 2 is 1.54 bits per heavy atom. The predicted octanol–water partition coefficient (Wildman–Crippen LogP) is 3.57. The Morgan fingerprint density at radius 1 is 0.958 bits per heavy atom. The number of carbonyl (C=O) groups is 1. The fourth-order valence-electron chi connectivity index (χ4n) is 4.13. The molecule has 2 aromatic carbocycles. The SMILES string of the molecule is O=C1CCC(NC(c2ccccc2)c2ccccc2)C2(CCC2)N1. The average Bonchev–Trinajstić information content (AvgIpc) is 2.60. The predicted molar refractivity (Wildman–Crippen MR) is 95.6 cm³/mol. The molecule has 1 spiro atoms. The van der Waals surface area contributed by atoms with Gasteiger partial charge in [-0.1, -0.05) is 60.7 Å². The maximum atomic E-state index is 11.9. The molecule has 2 aliphatic rings. The van der Waals surface area contributed by atoms with E-state index < -0.39 is 0 Å². The Kier molecular flexibility index (Phi) is 4.11. The highest BCUT2D eigenvalue weighted by Gasteiger charge is 2.48. The molecule has 2 aromatic rings. The van der Waals surface area contributed by atoms with E-state index in [1.54, 1.807) is 0 Å². The molecule has 1 aliphatic heterocycles. The highest BCUT2D eigenvalue weighted by Crippen LogP contribution is 2.40. The van der Waals surface area contributed by atoms with E-state index in [-0.39, 0.29) is 17.5 Å². The largest absolute Gasteiger partial charge is 0.349 e. The van der Waals surface area contributed by atoms with Crippen LogP contribution >= 0.6 is 0 Å². The van der Waals surface area contributed by atoms with Gasteiger partial charge in [-0.05, 0) is 36.8 Å². The van der Waals surface area contributed by atoms with Gasteiger partial charge in [-0.2, -0.15) is 0 Å². The highest BCUT2D eigenvalue weighted by atomic mass is 16.1. The van der Waals surface area contributed by atoms with Gasteiger partial charge < -0.3 is 10.6 Å². The zero-order chi connectivity index (χ0) is 16.4. The minimum absolute atomic E-state index is 0.0306. The van der Waals surface area contributed by atoms with Crippen molar-refractivity contribution >= 4 is 5.91 Å². The van der Waals surface area contributed by atoms with Crippen molar-refractivity contribution in [1.82, 2.24) is 10.6 Å². The molecule has 2 fully saturated rings. The molecule has 1 aliphatic carbocycles. The van der Waals surface area contributed by atoms with Crippen LogP contribution in [0.1, 0.15) is 49.3 Å². The third-order valence-electron chi connectivity index (χ3n) is 5.59. The van der Waals surface area contributed by atoms with Crippen molar-refractivity contribution < 1.29 is 4.79 Å². The second-order valence-electron chi connectivity index (χ2n) is 7.07. The standard InChI is InChI=1S/C21H24N2O/c24-19-13-12-18(21(23-19)14-7-15-21)22-20(16-8-3-1-4-9-16)17-10-5-2-6-11-17/h1-6,8-11,18,20,22H,7,12-15H2,(H,23,24). The third kappa shape index (κ3) is 2.84. The van der Waals surface area contributed by atoms with Crippen LogP contribution in [0.2, 0.25) is 0 Å². The molecule has 0 radical (unpaired) electrons. The summed E-state index contributed by atoms with van der Waals surface area (Å²) in [6.07, 6.45) is 4.93. The molecule has 3 heteroatoms. The van der Waals surface area contributed by atoms with Gasteiger partial charge in [0.25, 0.3) is 0 Å². The number of carbonyl (C=O) groups excluding carboxylic acids is 1. The average molecular weight is 320 g/mol. The summed E-state index contributed by atoms with van der Waals surface area (Å²) in [5, 5.41) is 7.17. The van der Waals surface area contributed by atoms with E-state index in [0.717, 1.165) is 19.3 Å². The van der Waals surface area contributed by atoms with Crippen molar-refractivity contribution in [2.75, 3.05) is 0 Å². The summed E-state index contributed by atoms with van der Waals surface area (Å²) in [6.45, 7) is 0. The van der Waals surface area contributed by atoms with E-state index in [1.807, 2.05) is 0 Å². The molecule has 124 valence electrons. The van der Waals surface area contributed by atoms with Crippen molar-refractivity contribution in [2.24, 2.45) is 0 Å². The number of piperidine rings is 1. The van der Waals surface area contributed by atoms with E-state index in [0.29, 0.717) is 12.5 Å². The van der Waals surface area contributed by atoms with Gasteiger partial charge in [0.2, 0.25) is 5.91 Å². The van der Waals surface area contributed by atoms with Gasteiger partial charge >= 0.3 is 0 Å². The first-order chi connectivity index (χ1) is 11.8. The molecule has 1 saturated carbocycles. The van der Waals surface area contributed by atoms with Gasteiger partial charge in [0.05, 0.1) is 11.6 Å². The fraction of sp³-hybridized carbons (Fsp3) is 0.381. The van der Waals surface area contributed by atoms with Crippen LogP contribution in [0.15, 0.2) is 60.7 Å². The van der Waals surface area contributed by atoms with Crippen molar-refractivity contribution in [3.05, 3.63) is 71.8 Å². The van der Waals surface area contributed by atoms with Gasteiger partial charge in [-0.25, -0.2) is 0 Å². The molecular formula is C21H24N2O. The van der Waals surface area contributed by atoms with Gasteiger partial charge in [0, 0.05) is 12.5 Å². The molecule has 2 N–H and O–H groups in total. The molecule has 1 unspecified atom stereocenters.